The minimum Gasteiger partial charge on any atom is -0.377 e. The van der Waals surface area contributed by atoms with E-state index in [4.69, 9.17) is 5.41 Å². The van der Waals surface area contributed by atoms with Gasteiger partial charge >= 0.3 is 0 Å². The fourth-order valence-corrected chi connectivity index (χ4v) is 9.29. The van der Waals surface area contributed by atoms with E-state index in [2.05, 4.69) is 126 Å². The fraction of sp³-hybridized carbons (Fsp3) is 0.589. The van der Waals surface area contributed by atoms with Crippen LogP contribution in [0.1, 0.15) is 167 Å². The van der Waals surface area contributed by atoms with Crippen LogP contribution in [-0.4, -0.2) is 108 Å². The normalized spacial score (nSPS) is 15.4. The Labute approximate surface area is 406 Å². The highest BCUT2D eigenvalue weighted by Crippen LogP contribution is 2.32. The van der Waals surface area contributed by atoms with E-state index in [1.54, 1.807) is 14.0 Å². The van der Waals surface area contributed by atoms with Gasteiger partial charge in [-0.1, -0.05) is 95.4 Å². The molecule has 370 valence electrons. The van der Waals surface area contributed by atoms with Crippen molar-refractivity contribution in [3.63, 3.8) is 0 Å². The van der Waals surface area contributed by atoms with Gasteiger partial charge in [0, 0.05) is 86.7 Å². The molecule has 2 aromatic heterocycles. The van der Waals surface area contributed by atoms with Gasteiger partial charge < -0.3 is 20.9 Å². The van der Waals surface area contributed by atoms with Crippen molar-refractivity contribution in [2.45, 2.75) is 158 Å². The van der Waals surface area contributed by atoms with Gasteiger partial charge in [0.1, 0.15) is 11.9 Å². The quantitative estimate of drug-likeness (QED) is 0.0469. The number of likely N-dealkylation sites (tertiary alicyclic amines) is 1. The van der Waals surface area contributed by atoms with E-state index >= 15 is 0 Å². The SMILES string of the molecule is CC.CCCC(CCC)CN1CCN(C(=N)CCC(NC(CCC)C(=O)NC)=C(C)C)C1.CNc1ccc(-c2ccnc(C)c2/C=C(\C)C(C)N2CCC(c3ccc(C(C)=O)cc3)CC2)cn1. The molecule has 0 spiro atoms. The van der Waals surface area contributed by atoms with Gasteiger partial charge in [-0.15, -0.1) is 0 Å². The molecule has 11 heteroatoms. The maximum Gasteiger partial charge on any atom is 0.242 e. The molecule has 11 nitrogen and oxygen atoms in total. The van der Waals surface area contributed by atoms with Crippen LogP contribution in [0.3, 0.4) is 0 Å². The highest BCUT2D eigenvalue weighted by Gasteiger charge is 2.26. The maximum atomic E-state index is 12.2. The van der Waals surface area contributed by atoms with E-state index in [0.29, 0.717) is 24.2 Å². The van der Waals surface area contributed by atoms with Crippen LogP contribution < -0.4 is 16.0 Å². The van der Waals surface area contributed by atoms with Gasteiger partial charge in [0.05, 0.1) is 12.5 Å². The summed E-state index contributed by atoms with van der Waals surface area (Å²) in [6.45, 7) is 29.3. The van der Waals surface area contributed by atoms with E-state index in [0.717, 1.165) is 117 Å². The number of allylic oxidation sites excluding steroid dienone is 2. The Morgan fingerprint density at radius 3 is 2.06 bits per heavy atom. The van der Waals surface area contributed by atoms with Crippen molar-refractivity contribution in [2.75, 3.05) is 58.8 Å². The summed E-state index contributed by atoms with van der Waals surface area (Å²) in [6.07, 6.45) is 16.8. The molecule has 4 N–H and O–H groups in total. The number of carbonyl (C=O) groups excluding carboxylic acids is 2. The highest BCUT2D eigenvalue weighted by molar-refractivity contribution is 5.94. The van der Waals surface area contributed by atoms with Gasteiger partial charge in [-0.25, -0.2) is 4.98 Å². The summed E-state index contributed by atoms with van der Waals surface area (Å²) < 4.78 is 0. The second-order valence-electron chi connectivity index (χ2n) is 18.5. The molecule has 0 aliphatic carbocycles. The summed E-state index contributed by atoms with van der Waals surface area (Å²) in [7, 11) is 3.57. The smallest absolute Gasteiger partial charge is 0.242 e. The first-order valence-electron chi connectivity index (χ1n) is 25.5. The predicted molar refractivity (Wildman–Crippen MR) is 284 cm³/mol. The lowest BCUT2D eigenvalue weighted by Gasteiger charge is -2.37. The molecule has 0 saturated carbocycles. The molecule has 2 unspecified atom stereocenters. The number of anilines is 1. The van der Waals surface area contributed by atoms with Crippen LogP contribution in [0.25, 0.3) is 17.2 Å². The third-order valence-electron chi connectivity index (χ3n) is 13.5. The van der Waals surface area contributed by atoms with Gasteiger partial charge in [0.15, 0.2) is 5.78 Å². The van der Waals surface area contributed by atoms with Crippen molar-refractivity contribution in [3.05, 3.63) is 94.1 Å². The number of ketones is 1. The lowest BCUT2D eigenvalue weighted by atomic mass is 9.87. The Kier molecular flexibility index (Phi) is 25.1. The summed E-state index contributed by atoms with van der Waals surface area (Å²) in [4.78, 5) is 40.1. The minimum atomic E-state index is -0.199. The molecule has 67 heavy (non-hydrogen) atoms. The molecule has 0 radical (unpaired) electrons. The first-order valence-corrected chi connectivity index (χ1v) is 25.5. The second-order valence-corrected chi connectivity index (χ2v) is 18.5. The van der Waals surface area contributed by atoms with Gasteiger partial charge in [-0.05, 0) is 134 Å². The molecule has 1 amide bonds. The summed E-state index contributed by atoms with van der Waals surface area (Å²) in [6, 6.07) is 14.6. The van der Waals surface area contributed by atoms with Crippen molar-refractivity contribution >= 4 is 29.4 Å². The molecule has 1 aromatic carbocycles. The van der Waals surface area contributed by atoms with E-state index in [-0.39, 0.29) is 17.7 Å². The van der Waals surface area contributed by atoms with Crippen LogP contribution in [0.5, 0.6) is 0 Å². The number of aromatic nitrogens is 2. The van der Waals surface area contributed by atoms with E-state index in [9.17, 15) is 9.59 Å². The summed E-state index contributed by atoms with van der Waals surface area (Å²) in [5, 5.41) is 17.9. The number of aryl methyl sites for hydroxylation is 1. The topological polar surface area (TPSA) is 130 Å². The number of likely N-dealkylation sites (N-methyl/N-ethyl adjacent to an activating group) is 1. The third kappa shape index (κ3) is 17.6. The summed E-state index contributed by atoms with van der Waals surface area (Å²) in [5.41, 5.74) is 10.2. The molecular formula is C56H89N9O2. The standard InChI is InChI=1S/C30H36N4O.C24H47N5O.C2H6/c1-20(18-29-21(2)32-15-12-28(29)27-10-11-30(31-5)33-19-27)22(3)34-16-13-26(14-17-34)25-8-6-24(7-9-25)23(4)35;1-7-10-20(11-8-2)17-28-15-16-29(18-28)23(25)14-13-21(19(4)5)27-22(12-9-3)24(30)26-6;1-2/h6-12,15,18-19,22,26H,13-14,16-17H2,1-5H3,(H,31,33);20,22,25,27H,7-18H2,1-6H3,(H,26,30);1-2H3/b20-18+;;. The Balaban J connectivity index is 0.000000347. The molecule has 4 heterocycles. The molecule has 2 aliphatic heterocycles. The molecule has 2 atom stereocenters. The summed E-state index contributed by atoms with van der Waals surface area (Å²) in [5.74, 6) is 3.09. The van der Waals surface area contributed by atoms with Gasteiger partial charge in [-0.2, -0.15) is 0 Å². The average molecular weight is 920 g/mol. The van der Waals surface area contributed by atoms with Crippen molar-refractivity contribution in [2.24, 2.45) is 5.92 Å². The second kappa shape index (κ2) is 29.8. The molecule has 5 rings (SSSR count). The monoisotopic (exact) mass is 920 g/mol. The molecule has 2 saturated heterocycles. The molecule has 2 fully saturated rings. The zero-order valence-electron chi connectivity index (χ0n) is 43.9. The average Bonchev–Trinajstić information content (AvgIpc) is 3.82. The number of hydrogen-bond acceptors (Lipinski definition) is 9. The van der Waals surface area contributed by atoms with Crippen LogP contribution in [-0.2, 0) is 4.79 Å². The van der Waals surface area contributed by atoms with Crippen LogP contribution >= 0.6 is 0 Å². The number of amides is 1. The van der Waals surface area contributed by atoms with E-state index in [1.165, 1.54) is 42.4 Å². The molecular weight excluding hydrogens is 831 g/mol. The number of nitrogens with zero attached hydrogens (tertiary/aromatic N) is 5. The number of Topliss-reactive ketones (excluding diaryl/α,β-unsaturated/α-hetero) is 1. The molecule has 3 aromatic rings. The number of hydrogen-bond donors (Lipinski definition) is 4. The zero-order valence-corrected chi connectivity index (χ0v) is 43.9. The number of benzene rings is 1. The zero-order chi connectivity index (χ0) is 49.5. The Morgan fingerprint density at radius 1 is 0.851 bits per heavy atom. The lowest BCUT2D eigenvalue weighted by molar-refractivity contribution is -0.122. The van der Waals surface area contributed by atoms with Gasteiger partial charge in [0.25, 0.3) is 0 Å². The minimum absolute atomic E-state index is 0.0366. The number of amidine groups is 1. The van der Waals surface area contributed by atoms with Crippen LogP contribution in [0.15, 0.2) is 71.7 Å². The van der Waals surface area contributed by atoms with E-state index < -0.39 is 0 Å². The number of nitrogens with one attached hydrogen (secondary N) is 4. The molecule has 2 aliphatic rings. The summed E-state index contributed by atoms with van der Waals surface area (Å²) >= 11 is 0. The lowest BCUT2D eigenvalue weighted by Crippen LogP contribution is -2.42. The van der Waals surface area contributed by atoms with Crippen molar-refractivity contribution in [1.29, 1.82) is 5.41 Å². The molecule has 0 bridgehead atoms. The van der Waals surface area contributed by atoms with Crippen LogP contribution in [0.2, 0.25) is 0 Å². The van der Waals surface area contributed by atoms with Gasteiger partial charge in [-0.3, -0.25) is 29.8 Å². The number of pyridine rings is 2. The largest absolute Gasteiger partial charge is 0.377 e. The van der Waals surface area contributed by atoms with Gasteiger partial charge in [0.2, 0.25) is 5.91 Å². The van der Waals surface area contributed by atoms with Crippen molar-refractivity contribution in [1.82, 2.24) is 35.3 Å². The highest BCUT2D eigenvalue weighted by atomic mass is 16.2. The van der Waals surface area contributed by atoms with Crippen molar-refractivity contribution in [3.8, 4) is 11.1 Å². The third-order valence-corrected chi connectivity index (χ3v) is 13.5. The first-order chi connectivity index (χ1) is 32.2. The number of carbonyl (C=O) groups is 2. The predicted octanol–water partition coefficient (Wildman–Crippen LogP) is 11.7. The maximum absolute atomic E-state index is 12.2. The van der Waals surface area contributed by atoms with Crippen LogP contribution in [0, 0.1) is 18.3 Å². The Bertz CT molecular complexity index is 2010. The van der Waals surface area contributed by atoms with Crippen molar-refractivity contribution < 1.29 is 9.59 Å². The Morgan fingerprint density at radius 2 is 1.51 bits per heavy atom. The number of piperidine rings is 1. The fourth-order valence-electron chi connectivity index (χ4n) is 9.29. The Hall–Kier alpha value is -4.87. The number of rotatable bonds is 21. The van der Waals surface area contributed by atoms with Crippen LogP contribution in [0.4, 0.5) is 5.82 Å². The first kappa shape index (κ1) is 56.5. The van der Waals surface area contributed by atoms with E-state index in [1.807, 2.05) is 51.5 Å².